The van der Waals surface area contributed by atoms with Crippen LogP contribution in [0, 0.1) is 0 Å². The van der Waals surface area contributed by atoms with Gasteiger partial charge in [0, 0.05) is 34.7 Å². The average molecular weight is 499 g/mol. The highest BCUT2D eigenvalue weighted by atomic mass is 79.9. The Morgan fingerprint density at radius 3 is 2.47 bits per heavy atom. The van der Waals surface area contributed by atoms with Crippen LogP contribution in [0.2, 0.25) is 0 Å². The van der Waals surface area contributed by atoms with Crippen LogP contribution in [0.1, 0.15) is 41.9 Å². The lowest BCUT2D eigenvalue weighted by atomic mass is 9.97. The number of nitrogens with one attached hydrogen (secondary N) is 1. The van der Waals surface area contributed by atoms with Crippen molar-refractivity contribution < 1.29 is 18.8 Å². The van der Waals surface area contributed by atoms with E-state index in [2.05, 4.69) is 31.4 Å². The Morgan fingerprint density at radius 1 is 1.12 bits per heavy atom. The maximum atomic E-state index is 12.6. The van der Waals surface area contributed by atoms with Gasteiger partial charge in [0.05, 0.1) is 12.2 Å². The summed E-state index contributed by atoms with van der Waals surface area (Å²) in [6.45, 7) is 3.26. The molecule has 4 rings (SSSR count). The number of hydrogen-bond acceptors (Lipinski definition) is 6. The molecule has 0 aliphatic carbocycles. The summed E-state index contributed by atoms with van der Waals surface area (Å²) in [6, 6.07) is 14.2. The van der Waals surface area contributed by atoms with Crippen LogP contribution in [0.15, 0.2) is 57.5 Å². The van der Waals surface area contributed by atoms with Gasteiger partial charge in [0.1, 0.15) is 0 Å². The lowest BCUT2D eigenvalue weighted by Crippen LogP contribution is -2.40. The number of carbonyl (C=O) groups excluding carboxylic acids is 2. The number of halogens is 1. The van der Waals surface area contributed by atoms with Gasteiger partial charge in [-0.1, -0.05) is 21.1 Å². The molecule has 1 aliphatic rings. The van der Waals surface area contributed by atoms with E-state index in [1.165, 1.54) is 0 Å². The molecule has 0 spiro atoms. The normalized spacial score (nSPS) is 14.2. The quantitative estimate of drug-likeness (QED) is 0.492. The molecule has 1 fully saturated rings. The van der Waals surface area contributed by atoms with E-state index in [9.17, 15) is 9.59 Å². The van der Waals surface area contributed by atoms with Gasteiger partial charge in [-0.3, -0.25) is 0 Å². The number of aromatic nitrogens is 2. The highest BCUT2D eigenvalue weighted by Gasteiger charge is 2.27. The fourth-order valence-electron chi connectivity index (χ4n) is 3.55. The fourth-order valence-corrected chi connectivity index (χ4v) is 3.82. The third kappa shape index (κ3) is 5.16. The Morgan fingerprint density at radius 2 is 1.81 bits per heavy atom. The van der Waals surface area contributed by atoms with E-state index in [-0.39, 0.29) is 17.9 Å². The van der Waals surface area contributed by atoms with Crippen molar-refractivity contribution in [2.45, 2.75) is 25.7 Å². The monoisotopic (exact) mass is 498 g/mol. The van der Waals surface area contributed by atoms with E-state index >= 15 is 0 Å². The van der Waals surface area contributed by atoms with Gasteiger partial charge in [0.2, 0.25) is 11.7 Å². The molecule has 0 atom stereocenters. The van der Waals surface area contributed by atoms with Crippen LogP contribution in [-0.2, 0) is 4.74 Å². The van der Waals surface area contributed by atoms with Gasteiger partial charge >= 0.3 is 12.0 Å². The number of rotatable bonds is 5. The lowest BCUT2D eigenvalue weighted by molar-refractivity contribution is 0.0526. The number of esters is 1. The minimum atomic E-state index is -0.378. The Hall–Kier alpha value is -3.20. The summed E-state index contributed by atoms with van der Waals surface area (Å²) in [4.78, 5) is 30.7. The highest BCUT2D eigenvalue weighted by molar-refractivity contribution is 9.10. The molecule has 32 heavy (non-hydrogen) atoms. The molecule has 9 heteroatoms. The number of piperidine rings is 1. The van der Waals surface area contributed by atoms with Gasteiger partial charge in [-0.25, -0.2) is 9.59 Å². The predicted octanol–water partition coefficient (Wildman–Crippen LogP) is 5.09. The minimum Gasteiger partial charge on any atom is -0.462 e. The van der Waals surface area contributed by atoms with Crippen molar-refractivity contribution in [1.82, 2.24) is 15.0 Å². The van der Waals surface area contributed by atoms with E-state index < -0.39 is 0 Å². The van der Waals surface area contributed by atoms with E-state index in [0.717, 1.165) is 22.9 Å². The van der Waals surface area contributed by atoms with Crippen LogP contribution < -0.4 is 5.32 Å². The standard InChI is InChI=1S/C23H23BrN4O4/c1-2-31-22(29)17-5-9-19(10-6-17)25-23(30)28-13-11-16(12-14-28)21-26-20(27-32-21)15-3-7-18(24)8-4-15/h3-10,16H,2,11-14H2,1H3,(H,25,30). The largest absolute Gasteiger partial charge is 0.462 e. The van der Waals surface area contributed by atoms with Crippen molar-refractivity contribution in [2.24, 2.45) is 0 Å². The molecule has 1 N–H and O–H groups in total. The van der Waals surface area contributed by atoms with Gasteiger partial charge in [0.25, 0.3) is 0 Å². The second-order valence-corrected chi connectivity index (χ2v) is 8.37. The van der Waals surface area contributed by atoms with Crippen molar-refractivity contribution in [3.05, 3.63) is 64.5 Å². The zero-order chi connectivity index (χ0) is 22.5. The molecular formula is C23H23BrN4O4. The first kappa shape index (κ1) is 22.0. The number of amides is 2. The molecule has 0 radical (unpaired) electrons. The van der Waals surface area contributed by atoms with Gasteiger partial charge in [-0.05, 0) is 68.3 Å². The maximum Gasteiger partial charge on any atom is 0.338 e. The molecule has 1 aromatic heterocycles. The third-order valence-electron chi connectivity index (χ3n) is 5.32. The molecule has 2 heterocycles. The number of likely N-dealkylation sites (tertiary alicyclic amines) is 1. The molecule has 0 unspecified atom stereocenters. The molecule has 0 saturated carbocycles. The van der Waals surface area contributed by atoms with Crippen LogP contribution in [0.5, 0.6) is 0 Å². The van der Waals surface area contributed by atoms with Crippen molar-refractivity contribution >= 4 is 33.6 Å². The van der Waals surface area contributed by atoms with Gasteiger partial charge < -0.3 is 19.5 Å². The molecule has 2 amide bonds. The second kappa shape index (κ2) is 9.95. The Balaban J connectivity index is 1.30. The first-order valence-corrected chi connectivity index (χ1v) is 11.3. The number of carbonyl (C=O) groups is 2. The SMILES string of the molecule is CCOC(=O)c1ccc(NC(=O)N2CCC(c3nc(-c4ccc(Br)cc4)no3)CC2)cc1. The van der Waals surface area contributed by atoms with Gasteiger partial charge in [0.15, 0.2) is 0 Å². The van der Waals surface area contributed by atoms with E-state index in [1.807, 2.05) is 24.3 Å². The van der Waals surface area contributed by atoms with Gasteiger partial charge in [-0.2, -0.15) is 4.98 Å². The summed E-state index contributed by atoms with van der Waals surface area (Å²) in [6.07, 6.45) is 1.49. The summed E-state index contributed by atoms with van der Waals surface area (Å²) in [5.74, 6) is 0.924. The fraction of sp³-hybridized carbons (Fsp3) is 0.304. The van der Waals surface area contributed by atoms with E-state index in [1.54, 1.807) is 36.1 Å². The molecule has 1 aliphatic heterocycles. The Bertz CT molecular complexity index is 1070. The number of hydrogen-bond donors (Lipinski definition) is 1. The molecule has 8 nitrogen and oxygen atoms in total. The van der Waals surface area contributed by atoms with Crippen LogP contribution >= 0.6 is 15.9 Å². The maximum absolute atomic E-state index is 12.6. The summed E-state index contributed by atoms with van der Waals surface area (Å²) >= 11 is 3.42. The Labute approximate surface area is 194 Å². The molecule has 1 saturated heterocycles. The lowest BCUT2D eigenvalue weighted by Gasteiger charge is -2.30. The van der Waals surface area contributed by atoms with Crippen LogP contribution in [0.25, 0.3) is 11.4 Å². The van der Waals surface area contributed by atoms with Crippen molar-refractivity contribution in [3.63, 3.8) is 0 Å². The zero-order valence-corrected chi connectivity index (χ0v) is 19.2. The number of urea groups is 1. The summed E-state index contributed by atoms with van der Waals surface area (Å²) < 4.78 is 11.5. The number of benzene rings is 2. The van der Waals surface area contributed by atoms with E-state index in [4.69, 9.17) is 9.26 Å². The topological polar surface area (TPSA) is 97.6 Å². The first-order valence-electron chi connectivity index (χ1n) is 10.5. The van der Waals surface area contributed by atoms with E-state index in [0.29, 0.717) is 42.7 Å². The Kier molecular flexibility index (Phi) is 6.84. The van der Waals surface area contributed by atoms with Crippen LogP contribution in [-0.4, -0.2) is 46.7 Å². The summed E-state index contributed by atoms with van der Waals surface area (Å²) in [5.41, 5.74) is 1.97. The molecular weight excluding hydrogens is 476 g/mol. The highest BCUT2D eigenvalue weighted by Crippen LogP contribution is 2.29. The number of ether oxygens (including phenoxy) is 1. The second-order valence-electron chi connectivity index (χ2n) is 7.45. The van der Waals surface area contributed by atoms with Gasteiger partial charge in [-0.15, -0.1) is 0 Å². The zero-order valence-electron chi connectivity index (χ0n) is 17.6. The molecule has 3 aromatic rings. The minimum absolute atomic E-state index is 0.125. The third-order valence-corrected chi connectivity index (χ3v) is 5.85. The molecule has 166 valence electrons. The summed E-state index contributed by atoms with van der Waals surface area (Å²) in [5, 5.41) is 6.98. The summed E-state index contributed by atoms with van der Waals surface area (Å²) in [7, 11) is 0. The average Bonchev–Trinajstić information content (AvgIpc) is 3.30. The molecule has 0 bridgehead atoms. The van der Waals surface area contributed by atoms with Crippen molar-refractivity contribution in [3.8, 4) is 11.4 Å². The van der Waals surface area contributed by atoms with Crippen LogP contribution in [0.3, 0.4) is 0 Å². The van der Waals surface area contributed by atoms with Crippen LogP contribution in [0.4, 0.5) is 10.5 Å². The first-order chi connectivity index (χ1) is 15.5. The van der Waals surface area contributed by atoms with Crippen molar-refractivity contribution in [1.29, 1.82) is 0 Å². The predicted molar refractivity (Wildman–Crippen MR) is 122 cm³/mol. The number of nitrogens with zero attached hydrogens (tertiary/aromatic N) is 3. The number of anilines is 1. The van der Waals surface area contributed by atoms with Crippen molar-refractivity contribution in [2.75, 3.05) is 25.0 Å². The smallest absolute Gasteiger partial charge is 0.338 e. The molecule has 2 aromatic carbocycles.